The molecule has 0 saturated carbocycles. The zero-order chi connectivity index (χ0) is 25.4. The number of carbonyl (C=O) groups is 3. The molecule has 34 heavy (non-hydrogen) atoms. The largest absolute Gasteiger partial charge is 0.458 e. The Morgan fingerprint density at radius 3 is 2.62 bits per heavy atom. The molecule has 2 aliphatic rings. The van der Waals surface area contributed by atoms with Crippen LogP contribution in [0.25, 0.3) is 0 Å². The number of fused-ring (bicyclic) bond motifs is 1. The van der Waals surface area contributed by atoms with E-state index in [2.05, 4.69) is 13.2 Å². The second-order valence-electron chi connectivity index (χ2n) is 8.38. The molecule has 2 rings (SSSR count). The summed E-state index contributed by atoms with van der Waals surface area (Å²) in [6.07, 6.45) is 4.04. The zero-order valence-electron chi connectivity index (χ0n) is 19.5. The van der Waals surface area contributed by atoms with Crippen molar-refractivity contribution >= 4 is 17.9 Å². The van der Waals surface area contributed by atoms with Crippen LogP contribution in [-0.2, 0) is 28.6 Å². The normalized spacial score (nSPS) is 27.3. The van der Waals surface area contributed by atoms with Gasteiger partial charge in [0.2, 0.25) is 0 Å². The minimum atomic E-state index is -1.50. The van der Waals surface area contributed by atoms with Gasteiger partial charge < -0.3 is 29.5 Å². The van der Waals surface area contributed by atoms with Crippen LogP contribution in [0.3, 0.4) is 0 Å². The number of carbonyl (C=O) groups excluding carboxylic acids is 3. The summed E-state index contributed by atoms with van der Waals surface area (Å²) in [7, 11) is 0. The lowest BCUT2D eigenvalue weighted by molar-refractivity contribution is -0.148. The number of aliphatic hydroxyl groups is 3. The van der Waals surface area contributed by atoms with Crippen molar-refractivity contribution in [2.24, 2.45) is 5.92 Å². The van der Waals surface area contributed by atoms with E-state index in [4.69, 9.17) is 19.3 Å². The van der Waals surface area contributed by atoms with Crippen molar-refractivity contribution in [2.75, 3.05) is 19.8 Å². The van der Waals surface area contributed by atoms with E-state index in [1.165, 1.54) is 0 Å². The van der Waals surface area contributed by atoms with Crippen molar-refractivity contribution < 1.29 is 43.9 Å². The molecule has 1 heterocycles. The molecule has 0 aromatic heterocycles. The van der Waals surface area contributed by atoms with Gasteiger partial charge >= 0.3 is 17.9 Å². The maximum Gasteiger partial charge on any atom is 0.337 e. The molecule has 1 aliphatic carbocycles. The third-order valence-electron chi connectivity index (χ3n) is 5.72. The number of hydrogen-bond donors (Lipinski definition) is 3. The van der Waals surface area contributed by atoms with Gasteiger partial charge in [-0.1, -0.05) is 30.4 Å². The van der Waals surface area contributed by atoms with Gasteiger partial charge in [0.1, 0.15) is 24.9 Å². The van der Waals surface area contributed by atoms with Crippen LogP contribution in [-0.4, -0.2) is 71.4 Å². The summed E-state index contributed by atoms with van der Waals surface area (Å²) >= 11 is 0. The van der Waals surface area contributed by atoms with Crippen molar-refractivity contribution in [3.05, 3.63) is 59.3 Å². The summed E-state index contributed by atoms with van der Waals surface area (Å²) in [5, 5.41) is 27.8. The quantitative estimate of drug-likeness (QED) is 0.205. The average Bonchev–Trinajstić information content (AvgIpc) is 3.06. The predicted molar refractivity (Wildman–Crippen MR) is 122 cm³/mol. The van der Waals surface area contributed by atoms with E-state index in [9.17, 15) is 24.6 Å². The molecule has 0 unspecified atom stereocenters. The Labute approximate surface area is 198 Å². The van der Waals surface area contributed by atoms with Gasteiger partial charge in [0.15, 0.2) is 0 Å². The molecular formula is C25H32O9. The first-order valence-corrected chi connectivity index (χ1v) is 11.0. The van der Waals surface area contributed by atoms with Gasteiger partial charge in [0.05, 0.1) is 30.3 Å². The highest BCUT2D eigenvalue weighted by atomic mass is 16.6. The van der Waals surface area contributed by atoms with Crippen LogP contribution in [0, 0.1) is 5.92 Å². The van der Waals surface area contributed by atoms with Gasteiger partial charge in [-0.15, -0.1) is 0 Å². The fourth-order valence-corrected chi connectivity index (χ4v) is 3.74. The van der Waals surface area contributed by atoms with Crippen LogP contribution in [0.2, 0.25) is 0 Å². The number of ether oxygens (including phenoxy) is 3. The lowest BCUT2D eigenvalue weighted by Gasteiger charge is -2.27. The fraction of sp³-hybridized carbons (Fsp3) is 0.480. The first kappa shape index (κ1) is 27.2. The number of aliphatic hydroxyl groups excluding tert-OH is 3. The number of rotatable bonds is 8. The average molecular weight is 477 g/mol. The smallest absolute Gasteiger partial charge is 0.337 e. The van der Waals surface area contributed by atoms with Gasteiger partial charge in [-0.3, -0.25) is 0 Å². The van der Waals surface area contributed by atoms with E-state index in [0.29, 0.717) is 6.42 Å². The van der Waals surface area contributed by atoms with Gasteiger partial charge in [-0.2, -0.15) is 0 Å². The van der Waals surface area contributed by atoms with Crippen LogP contribution in [0.4, 0.5) is 0 Å². The van der Waals surface area contributed by atoms with E-state index in [-0.39, 0.29) is 16.7 Å². The van der Waals surface area contributed by atoms with Gasteiger partial charge in [-0.25, -0.2) is 14.4 Å². The van der Waals surface area contributed by atoms with Gasteiger partial charge in [-0.05, 0) is 38.8 Å². The van der Waals surface area contributed by atoms with E-state index in [1.54, 1.807) is 0 Å². The van der Waals surface area contributed by atoms with Crippen molar-refractivity contribution in [1.29, 1.82) is 0 Å². The monoisotopic (exact) mass is 476 g/mol. The highest BCUT2D eigenvalue weighted by Crippen LogP contribution is 2.36. The maximum absolute atomic E-state index is 13.0. The molecule has 0 bridgehead atoms. The summed E-state index contributed by atoms with van der Waals surface area (Å²) < 4.78 is 16.2. The second-order valence-corrected chi connectivity index (χ2v) is 8.38. The van der Waals surface area contributed by atoms with Crippen molar-refractivity contribution in [3.63, 3.8) is 0 Å². The molecular weight excluding hydrogens is 444 g/mol. The third kappa shape index (κ3) is 6.99. The Morgan fingerprint density at radius 2 is 1.97 bits per heavy atom. The first-order chi connectivity index (χ1) is 16.1. The highest BCUT2D eigenvalue weighted by molar-refractivity contribution is 5.93. The molecule has 1 fully saturated rings. The maximum atomic E-state index is 13.0. The van der Waals surface area contributed by atoms with E-state index >= 15 is 0 Å². The topological polar surface area (TPSA) is 140 Å². The van der Waals surface area contributed by atoms with E-state index < -0.39 is 62.0 Å². The van der Waals surface area contributed by atoms with Crippen LogP contribution in [0.5, 0.6) is 0 Å². The molecule has 0 aromatic carbocycles. The molecule has 0 amide bonds. The Kier molecular flexibility index (Phi) is 9.97. The lowest BCUT2D eigenvalue weighted by atomic mass is 9.85. The van der Waals surface area contributed by atoms with Crippen molar-refractivity contribution in [2.45, 2.75) is 51.4 Å². The predicted octanol–water partition coefficient (Wildman–Crippen LogP) is 1.44. The number of hydrogen-bond acceptors (Lipinski definition) is 9. The summed E-state index contributed by atoms with van der Waals surface area (Å²) in [4.78, 5) is 37.2. The van der Waals surface area contributed by atoms with E-state index in [1.807, 2.05) is 26.0 Å². The summed E-state index contributed by atoms with van der Waals surface area (Å²) in [6.45, 7) is 9.25. The van der Waals surface area contributed by atoms with Gasteiger partial charge in [0.25, 0.3) is 0 Å². The Morgan fingerprint density at radius 1 is 1.26 bits per heavy atom. The Bertz CT molecular complexity index is 925. The number of allylic oxidation sites excluding steroid dienone is 2. The summed E-state index contributed by atoms with van der Waals surface area (Å²) in [6, 6.07) is 0. The molecule has 4 atom stereocenters. The first-order valence-electron chi connectivity index (χ1n) is 11.0. The van der Waals surface area contributed by atoms with Crippen LogP contribution < -0.4 is 0 Å². The zero-order valence-corrected chi connectivity index (χ0v) is 19.5. The highest BCUT2D eigenvalue weighted by Gasteiger charge is 2.44. The molecule has 0 spiro atoms. The van der Waals surface area contributed by atoms with Crippen molar-refractivity contribution in [3.8, 4) is 0 Å². The molecule has 3 N–H and O–H groups in total. The molecule has 1 aliphatic heterocycles. The molecule has 9 nitrogen and oxygen atoms in total. The standard InChI is InChI=1S/C25H32O9/c1-14-6-5-7-15(2)11-21(22-17(4)24(30)33-20(22)10-14)34-25(31)18(8-9-26)13-32-23(29)16(3)19(28)12-27/h7-8,10,19-22,26-28H,3-6,9,11-13H2,1-2H3/b14-10+,15-7-,18-8+/t19-,20+,21-,22-/m0/s1. The Hall–Kier alpha value is -3.01. The third-order valence-corrected chi connectivity index (χ3v) is 5.72. The Balaban J connectivity index is 2.24. The van der Waals surface area contributed by atoms with Gasteiger partial charge in [0, 0.05) is 12.0 Å². The summed E-state index contributed by atoms with van der Waals surface area (Å²) in [5.41, 5.74) is 1.68. The SMILES string of the molecule is C=C1C(=O)O[C@@H]2/C=C(\C)CC/C=C(/C)C[C@H](OC(=O)/C(=C/CO)COC(=O)C(=C)[C@@H](O)CO)[C@@H]12. The second kappa shape index (κ2) is 12.5. The van der Waals surface area contributed by atoms with Crippen LogP contribution >= 0.6 is 0 Å². The lowest BCUT2D eigenvalue weighted by Crippen LogP contribution is -2.34. The van der Waals surface area contributed by atoms with E-state index in [0.717, 1.165) is 30.1 Å². The molecule has 0 aromatic rings. The summed E-state index contributed by atoms with van der Waals surface area (Å²) in [5.74, 6) is -3.02. The molecule has 0 radical (unpaired) electrons. The van der Waals surface area contributed by atoms with Crippen LogP contribution in [0.15, 0.2) is 59.3 Å². The van der Waals surface area contributed by atoms with Crippen molar-refractivity contribution in [1.82, 2.24) is 0 Å². The minimum absolute atomic E-state index is 0.139. The molecule has 9 heteroatoms. The van der Waals surface area contributed by atoms with Crippen LogP contribution in [0.1, 0.15) is 33.1 Å². The minimum Gasteiger partial charge on any atom is -0.458 e. The molecule has 1 saturated heterocycles. The number of esters is 3. The fourth-order valence-electron chi connectivity index (χ4n) is 3.74. The molecule has 186 valence electrons.